The van der Waals surface area contributed by atoms with Crippen molar-refractivity contribution in [3.63, 3.8) is 0 Å². The molecule has 1 rings (SSSR count). The zero-order chi connectivity index (χ0) is 13.7. The number of nitro groups is 1. The Morgan fingerprint density at radius 1 is 1.56 bits per heavy atom. The van der Waals surface area contributed by atoms with Gasteiger partial charge >= 0.3 is 0 Å². The molecule has 0 amide bonds. The van der Waals surface area contributed by atoms with Crippen LogP contribution >= 0.6 is 0 Å². The predicted octanol–water partition coefficient (Wildman–Crippen LogP) is 2.64. The maximum Gasteiger partial charge on any atom is 0.272 e. The second-order valence-electron chi connectivity index (χ2n) is 4.44. The SMILES string of the molecule is Cc1c(CN(C)C(C)CC#N)cccc1[N+](=O)[O-]. The average molecular weight is 247 g/mol. The molecule has 18 heavy (non-hydrogen) atoms. The van der Waals surface area contributed by atoms with Crippen molar-refractivity contribution in [3.8, 4) is 6.07 Å². The lowest BCUT2D eigenvalue weighted by molar-refractivity contribution is -0.385. The Morgan fingerprint density at radius 2 is 2.22 bits per heavy atom. The lowest BCUT2D eigenvalue weighted by Gasteiger charge is -2.23. The molecule has 0 saturated carbocycles. The predicted molar refractivity (Wildman–Crippen MR) is 69.0 cm³/mol. The summed E-state index contributed by atoms with van der Waals surface area (Å²) in [6.07, 6.45) is 0.449. The lowest BCUT2D eigenvalue weighted by Crippen LogP contribution is -2.28. The molecule has 0 aliphatic carbocycles. The largest absolute Gasteiger partial charge is 0.298 e. The third-order valence-electron chi connectivity index (χ3n) is 3.17. The Bertz CT molecular complexity index is 480. The van der Waals surface area contributed by atoms with Gasteiger partial charge in [-0.25, -0.2) is 0 Å². The fraction of sp³-hybridized carbons (Fsp3) is 0.462. The first kappa shape index (κ1) is 14.1. The minimum absolute atomic E-state index is 0.133. The van der Waals surface area contributed by atoms with Crippen molar-refractivity contribution in [1.29, 1.82) is 5.26 Å². The Morgan fingerprint density at radius 3 is 2.78 bits per heavy atom. The van der Waals surface area contributed by atoms with Gasteiger partial charge in [-0.1, -0.05) is 12.1 Å². The highest BCUT2D eigenvalue weighted by Crippen LogP contribution is 2.22. The molecule has 1 atom stereocenters. The normalized spacial score (nSPS) is 12.2. The molecule has 1 aromatic carbocycles. The minimum atomic E-state index is -0.364. The standard InChI is InChI=1S/C13H17N3O2/c1-10(7-8-14)15(3)9-12-5-4-6-13(11(12)2)16(17)18/h4-6,10H,7,9H2,1-3H3. The molecule has 0 fully saturated rings. The van der Waals surface area contributed by atoms with Crippen molar-refractivity contribution in [2.75, 3.05) is 7.05 Å². The number of nitriles is 1. The summed E-state index contributed by atoms with van der Waals surface area (Å²) in [6, 6.07) is 7.36. The van der Waals surface area contributed by atoms with Gasteiger partial charge < -0.3 is 0 Å². The van der Waals surface area contributed by atoms with Crippen molar-refractivity contribution in [2.24, 2.45) is 0 Å². The molecule has 1 aromatic rings. The van der Waals surface area contributed by atoms with Crippen LogP contribution in [0.1, 0.15) is 24.5 Å². The molecule has 1 unspecified atom stereocenters. The second kappa shape index (κ2) is 6.12. The van der Waals surface area contributed by atoms with E-state index >= 15 is 0 Å². The average Bonchev–Trinajstić information content (AvgIpc) is 2.31. The van der Waals surface area contributed by atoms with E-state index in [0.29, 0.717) is 18.5 Å². The van der Waals surface area contributed by atoms with Crippen LogP contribution in [-0.4, -0.2) is 22.9 Å². The van der Waals surface area contributed by atoms with Crippen molar-refractivity contribution < 1.29 is 4.92 Å². The van der Waals surface area contributed by atoms with Crippen LogP contribution in [0.15, 0.2) is 18.2 Å². The molecule has 0 bridgehead atoms. The molecule has 0 aromatic heterocycles. The quantitative estimate of drug-likeness (QED) is 0.592. The van der Waals surface area contributed by atoms with E-state index in [9.17, 15) is 10.1 Å². The van der Waals surface area contributed by atoms with Gasteiger partial charge in [0.1, 0.15) is 0 Å². The first-order chi connectivity index (χ1) is 8.47. The van der Waals surface area contributed by atoms with E-state index in [2.05, 4.69) is 6.07 Å². The number of nitrogens with zero attached hydrogens (tertiary/aromatic N) is 3. The summed E-state index contributed by atoms with van der Waals surface area (Å²) in [6.45, 7) is 4.34. The summed E-state index contributed by atoms with van der Waals surface area (Å²) in [5.74, 6) is 0. The van der Waals surface area contributed by atoms with E-state index in [4.69, 9.17) is 5.26 Å². The molecule has 0 aliphatic heterocycles. The maximum absolute atomic E-state index is 10.8. The van der Waals surface area contributed by atoms with Crippen LogP contribution in [0.4, 0.5) is 5.69 Å². The zero-order valence-electron chi connectivity index (χ0n) is 10.9. The molecule has 0 N–H and O–H groups in total. The first-order valence-electron chi connectivity index (χ1n) is 5.77. The molecule has 96 valence electrons. The molecule has 5 heteroatoms. The van der Waals surface area contributed by atoms with Crippen LogP contribution in [0.5, 0.6) is 0 Å². The molecular formula is C13H17N3O2. The van der Waals surface area contributed by atoms with Gasteiger partial charge in [0, 0.05) is 24.2 Å². The molecule has 5 nitrogen and oxygen atoms in total. The fourth-order valence-electron chi connectivity index (χ4n) is 1.75. The Labute approximate surface area is 107 Å². The van der Waals surface area contributed by atoms with E-state index < -0.39 is 0 Å². The van der Waals surface area contributed by atoms with Gasteiger partial charge in [0.25, 0.3) is 5.69 Å². The van der Waals surface area contributed by atoms with Gasteiger partial charge in [-0.2, -0.15) is 5.26 Å². The lowest BCUT2D eigenvalue weighted by atomic mass is 10.1. The van der Waals surface area contributed by atoms with Crippen molar-refractivity contribution in [2.45, 2.75) is 32.9 Å². The monoisotopic (exact) mass is 247 g/mol. The van der Waals surface area contributed by atoms with E-state index in [-0.39, 0.29) is 16.7 Å². The third kappa shape index (κ3) is 3.28. The number of hydrogen-bond donors (Lipinski definition) is 0. The number of benzene rings is 1. The number of rotatable bonds is 5. The van der Waals surface area contributed by atoms with Crippen LogP contribution < -0.4 is 0 Å². The van der Waals surface area contributed by atoms with E-state index in [1.807, 2.05) is 24.9 Å². The topological polar surface area (TPSA) is 70.2 Å². The highest BCUT2D eigenvalue weighted by atomic mass is 16.6. The highest BCUT2D eigenvalue weighted by Gasteiger charge is 2.16. The summed E-state index contributed by atoms with van der Waals surface area (Å²) in [5, 5.41) is 19.5. The van der Waals surface area contributed by atoms with Gasteiger partial charge in [-0.05, 0) is 26.5 Å². The third-order valence-corrected chi connectivity index (χ3v) is 3.17. The van der Waals surface area contributed by atoms with E-state index in [1.54, 1.807) is 13.0 Å². The Balaban J connectivity index is 2.89. The van der Waals surface area contributed by atoms with Crippen LogP contribution in [0.3, 0.4) is 0 Å². The van der Waals surface area contributed by atoms with E-state index in [1.165, 1.54) is 6.07 Å². The van der Waals surface area contributed by atoms with Gasteiger partial charge in [-0.15, -0.1) is 0 Å². The molecule has 0 aliphatic rings. The first-order valence-corrected chi connectivity index (χ1v) is 5.77. The second-order valence-corrected chi connectivity index (χ2v) is 4.44. The molecular weight excluding hydrogens is 230 g/mol. The summed E-state index contributed by atoms with van der Waals surface area (Å²) in [7, 11) is 1.92. The molecule has 0 radical (unpaired) electrons. The fourth-order valence-corrected chi connectivity index (χ4v) is 1.75. The summed E-state index contributed by atoms with van der Waals surface area (Å²) in [5.41, 5.74) is 1.77. The van der Waals surface area contributed by atoms with Crippen molar-refractivity contribution in [3.05, 3.63) is 39.4 Å². The Hall–Kier alpha value is -1.93. The van der Waals surface area contributed by atoms with Crippen LogP contribution in [0.25, 0.3) is 0 Å². The summed E-state index contributed by atoms with van der Waals surface area (Å²) < 4.78 is 0. The molecule has 0 spiro atoms. The van der Waals surface area contributed by atoms with Crippen molar-refractivity contribution in [1.82, 2.24) is 4.90 Å². The van der Waals surface area contributed by atoms with Crippen molar-refractivity contribution >= 4 is 5.69 Å². The van der Waals surface area contributed by atoms with Gasteiger partial charge in [0.15, 0.2) is 0 Å². The van der Waals surface area contributed by atoms with Crippen LogP contribution in [0, 0.1) is 28.4 Å². The summed E-state index contributed by atoms with van der Waals surface area (Å²) >= 11 is 0. The smallest absolute Gasteiger partial charge is 0.272 e. The highest BCUT2D eigenvalue weighted by molar-refractivity contribution is 5.44. The Kier molecular flexibility index (Phi) is 4.81. The van der Waals surface area contributed by atoms with Gasteiger partial charge in [0.2, 0.25) is 0 Å². The van der Waals surface area contributed by atoms with Crippen LogP contribution in [-0.2, 0) is 6.54 Å². The van der Waals surface area contributed by atoms with Gasteiger partial charge in [-0.3, -0.25) is 15.0 Å². The minimum Gasteiger partial charge on any atom is -0.298 e. The number of hydrogen-bond acceptors (Lipinski definition) is 4. The van der Waals surface area contributed by atoms with E-state index in [0.717, 1.165) is 5.56 Å². The molecule has 0 saturated heterocycles. The zero-order valence-corrected chi connectivity index (χ0v) is 10.9. The maximum atomic E-state index is 10.8. The van der Waals surface area contributed by atoms with Crippen LogP contribution in [0.2, 0.25) is 0 Å². The molecule has 0 heterocycles. The number of nitro benzene ring substituents is 1. The summed E-state index contributed by atoms with van der Waals surface area (Å²) in [4.78, 5) is 12.5. The van der Waals surface area contributed by atoms with Gasteiger partial charge in [0.05, 0.1) is 17.4 Å².